The van der Waals surface area contributed by atoms with E-state index in [1.54, 1.807) is 24.4 Å². The Bertz CT molecular complexity index is 267. The van der Waals surface area contributed by atoms with E-state index in [0.717, 1.165) is 11.3 Å². The number of hydrogen-bond donors (Lipinski definition) is 1. The van der Waals surface area contributed by atoms with Crippen LogP contribution in [0.1, 0.15) is 0 Å². The molecule has 1 heteroatoms. The largest absolute Gasteiger partial charge is 0.362 e. The van der Waals surface area contributed by atoms with Crippen molar-refractivity contribution in [2.45, 2.75) is 0 Å². The zero-order chi connectivity index (χ0) is 10.1. The monoisotopic (exact) mass is 173 g/mol. The van der Waals surface area contributed by atoms with Crippen LogP contribution in [0, 0.1) is 0 Å². The lowest BCUT2D eigenvalue weighted by molar-refractivity contribution is 1.10. The van der Waals surface area contributed by atoms with Crippen LogP contribution in [0.25, 0.3) is 0 Å². The SMILES string of the molecule is C=C/C=C\C(C=C)=C(/C=C)NC=C. The minimum atomic E-state index is 0.878. The Morgan fingerprint density at radius 3 is 2.08 bits per heavy atom. The fraction of sp³-hybridized carbons (Fsp3) is 0. The van der Waals surface area contributed by atoms with Crippen molar-refractivity contribution >= 4 is 0 Å². The maximum absolute atomic E-state index is 3.70. The van der Waals surface area contributed by atoms with Gasteiger partial charge in [-0.2, -0.15) is 0 Å². The topological polar surface area (TPSA) is 12.0 Å². The van der Waals surface area contributed by atoms with Crippen molar-refractivity contribution in [2.75, 3.05) is 0 Å². The molecule has 0 heterocycles. The summed E-state index contributed by atoms with van der Waals surface area (Å²) < 4.78 is 0. The van der Waals surface area contributed by atoms with Gasteiger partial charge < -0.3 is 5.32 Å². The van der Waals surface area contributed by atoms with Crippen LogP contribution < -0.4 is 5.32 Å². The van der Waals surface area contributed by atoms with Gasteiger partial charge in [-0.1, -0.05) is 50.6 Å². The molecule has 0 spiro atoms. The van der Waals surface area contributed by atoms with Crippen LogP contribution in [0.15, 0.2) is 74.2 Å². The van der Waals surface area contributed by atoms with Crippen LogP contribution in [0.4, 0.5) is 0 Å². The standard InChI is InChI=1S/C12H15N/c1-5-9-10-11(6-2)12(7-3)13-8-4/h5-10,13H,1-4H2/b10-9-,12-11+. The summed E-state index contributed by atoms with van der Waals surface area (Å²) in [5.41, 5.74) is 1.83. The summed E-state index contributed by atoms with van der Waals surface area (Å²) in [4.78, 5) is 0. The van der Waals surface area contributed by atoms with E-state index in [-0.39, 0.29) is 0 Å². The molecule has 0 bridgehead atoms. The molecule has 0 aliphatic carbocycles. The molecule has 0 rings (SSSR count). The molecule has 1 N–H and O–H groups in total. The molecule has 0 amide bonds. The molecule has 13 heavy (non-hydrogen) atoms. The van der Waals surface area contributed by atoms with Gasteiger partial charge in [0, 0.05) is 5.70 Å². The molecule has 0 aromatic rings. The van der Waals surface area contributed by atoms with Gasteiger partial charge in [0.1, 0.15) is 0 Å². The summed E-state index contributed by atoms with van der Waals surface area (Å²) in [6, 6.07) is 0. The van der Waals surface area contributed by atoms with Gasteiger partial charge in [0.15, 0.2) is 0 Å². The van der Waals surface area contributed by atoms with Gasteiger partial charge in [-0.25, -0.2) is 0 Å². The third-order valence-electron chi connectivity index (χ3n) is 1.40. The molecule has 0 atom stereocenters. The first-order chi connectivity index (χ1) is 6.29. The van der Waals surface area contributed by atoms with Crippen molar-refractivity contribution < 1.29 is 0 Å². The summed E-state index contributed by atoms with van der Waals surface area (Å²) in [5, 5.41) is 2.96. The lowest BCUT2D eigenvalue weighted by Crippen LogP contribution is -2.03. The molecule has 0 aliphatic rings. The molecule has 68 valence electrons. The zero-order valence-electron chi connectivity index (χ0n) is 7.79. The molecule has 0 unspecified atom stereocenters. The van der Waals surface area contributed by atoms with Crippen LogP contribution in [-0.4, -0.2) is 0 Å². The number of hydrogen-bond acceptors (Lipinski definition) is 1. The minimum Gasteiger partial charge on any atom is -0.362 e. The van der Waals surface area contributed by atoms with Crippen LogP contribution in [0.3, 0.4) is 0 Å². The molecular weight excluding hydrogens is 158 g/mol. The summed E-state index contributed by atoms with van der Waals surface area (Å²) in [7, 11) is 0. The smallest absolute Gasteiger partial charge is 0.0446 e. The molecule has 0 saturated heterocycles. The Morgan fingerprint density at radius 1 is 1.00 bits per heavy atom. The van der Waals surface area contributed by atoms with E-state index >= 15 is 0 Å². The first-order valence-corrected chi connectivity index (χ1v) is 3.95. The first kappa shape index (κ1) is 11.2. The highest BCUT2D eigenvalue weighted by Gasteiger charge is 1.92. The molecule has 0 fully saturated rings. The van der Waals surface area contributed by atoms with E-state index < -0.39 is 0 Å². The van der Waals surface area contributed by atoms with Gasteiger partial charge in [-0.3, -0.25) is 0 Å². The summed E-state index contributed by atoms with van der Waals surface area (Å²) in [6.45, 7) is 14.5. The molecule has 0 aromatic heterocycles. The average molecular weight is 173 g/mol. The summed E-state index contributed by atoms with van der Waals surface area (Å²) in [5.74, 6) is 0. The van der Waals surface area contributed by atoms with Crippen molar-refractivity contribution in [1.29, 1.82) is 0 Å². The second-order valence-electron chi connectivity index (χ2n) is 2.22. The van der Waals surface area contributed by atoms with E-state index in [4.69, 9.17) is 0 Å². The number of rotatable bonds is 6. The van der Waals surface area contributed by atoms with Crippen LogP contribution in [0.5, 0.6) is 0 Å². The van der Waals surface area contributed by atoms with E-state index in [1.165, 1.54) is 0 Å². The highest BCUT2D eigenvalue weighted by molar-refractivity contribution is 5.39. The molecule has 0 saturated carbocycles. The van der Waals surface area contributed by atoms with Crippen molar-refractivity contribution in [3.05, 3.63) is 74.2 Å². The minimum absolute atomic E-state index is 0.878. The van der Waals surface area contributed by atoms with Crippen LogP contribution in [0.2, 0.25) is 0 Å². The van der Waals surface area contributed by atoms with E-state index in [2.05, 4.69) is 31.6 Å². The molecule has 0 radical (unpaired) electrons. The Hall–Kier alpha value is -1.76. The van der Waals surface area contributed by atoms with E-state index in [9.17, 15) is 0 Å². The summed E-state index contributed by atoms with van der Waals surface area (Å²) in [6.07, 6.45) is 10.5. The molecule has 0 aliphatic heterocycles. The zero-order valence-corrected chi connectivity index (χ0v) is 7.79. The van der Waals surface area contributed by atoms with Gasteiger partial charge in [-0.15, -0.1) is 0 Å². The fourth-order valence-corrected chi connectivity index (χ4v) is 0.810. The number of nitrogens with one attached hydrogen (secondary N) is 1. The van der Waals surface area contributed by atoms with Gasteiger partial charge in [0.2, 0.25) is 0 Å². The van der Waals surface area contributed by atoms with Crippen molar-refractivity contribution in [3.8, 4) is 0 Å². The highest BCUT2D eigenvalue weighted by atomic mass is 14.8. The Morgan fingerprint density at radius 2 is 1.69 bits per heavy atom. The predicted molar refractivity (Wildman–Crippen MR) is 60.1 cm³/mol. The second kappa shape index (κ2) is 6.92. The van der Waals surface area contributed by atoms with E-state index in [0.29, 0.717) is 0 Å². The molecular formula is C12H15N. The third-order valence-corrected chi connectivity index (χ3v) is 1.40. The number of allylic oxidation sites excluding steroid dienone is 6. The van der Waals surface area contributed by atoms with Crippen molar-refractivity contribution in [2.24, 2.45) is 0 Å². The van der Waals surface area contributed by atoms with Crippen LogP contribution in [-0.2, 0) is 0 Å². The lowest BCUT2D eigenvalue weighted by Gasteiger charge is -2.03. The van der Waals surface area contributed by atoms with Gasteiger partial charge >= 0.3 is 0 Å². The van der Waals surface area contributed by atoms with Crippen molar-refractivity contribution in [1.82, 2.24) is 5.32 Å². The normalized spacial score (nSPS) is 11.7. The van der Waals surface area contributed by atoms with E-state index in [1.807, 2.05) is 12.2 Å². The van der Waals surface area contributed by atoms with Gasteiger partial charge in [0.25, 0.3) is 0 Å². The third kappa shape index (κ3) is 3.97. The second-order valence-corrected chi connectivity index (χ2v) is 2.22. The van der Waals surface area contributed by atoms with Gasteiger partial charge in [0.05, 0.1) is 0 Å². The predicted octanol–water partition coefficient (Wildman–Crippen LogP) is 3.09. The first-order valence-electron chi connectivity index (χ1n) is 3.95. The fourth-order valence-electron chi connectivity index (χ4n) is 0.810. The van der Waals surface area contributed by atoms with Crippen molar-refractivity contribution in [3.63, 3.8) is 0 Å². The Balaban J connectivity index is 4.90. The Labute approximate surface area is 80.2 Å². The summed E-state index contributed by atoms with van der Waals surface area (Å²) >= 11 is 0. The highest BCUT2D eigenvalue weighted by Crippen LogP contribution is 2.05. The molecule has 1 nitrogen and oxygen atoms in total. The Kier molecular flexibility index (Phi) is 5.98. The van der Waals surface area contributed by atoms with Crippen LogP contribution >= 0.6 is 0 Å². The maximum Gasteiger partial charge on any atom is 0.0446 e. The maximum atomic E-state index is 3.70. The molecule has 0 aromatic carbocycles. The van der Waals surface area contributed by atoms with Gasteiger partial charge in [-0.05, 0) is 17.8 Å². The lowest BCUT2D eigenvalue weighted by atomic mass is 10.2. The quantitative estimate of drug-likeness (QED) is 0.609. The average Bonchev–Trinajstić information content (AvgIpc) is 2.17.